The Labute approximate surface area is 92.3 Å². The standard InChI is InChI=1S/C12H21N3/c1-3-4-5-6-7-12(13-2)11-8-9-14-15-10-11/h8-10,12-13H,3-7H2,1-2H3. The maximum Gasteiger partial charge on any atom is 0.0544 e. The molecule has 3 nitrogen and oxygen atoms in total. The number of nitrogens with one attached hydrogen (secondary N) is 1. The molecule has 15 heavy (non-hydrogen) atoms. The summed E-state index contributed by atoms with van der Waals surface area (Å²) in [7, 11) is 2.00. The number of hydrogen-bond donors (Lipinski definition) is 1. The molecule has 1 N–H and O–H groups in total. The van der Waals surface area contributed by atoms with Crippen LogP contribution >= 0.6 is 0 Å². The van der Waals surface area contributed by atoms with Crippen LogP contribution in [0.5, 0.6) is 0 Å². The van der Waals surface area contributed by atoms with Crippen LogP contribution in [0.3, 0.4) is 0 Å². The molecule has 0 fully saturated rings. The second kappa shape index (κ2) is 7.35. The molecule has 0 aromatic carbocycles. The third-order valence-corrected chi connectivity index (χ3v) is 2.70. The third-order valence-electron chi connectivity index (χ3n) is 2.70. The van der Waals surface area contributed by atoms with Gasteiger partial charge < -0.3 is 5.32 Å². The van der Waals surface area contributed by atoms with Gasteiger partial charge in [0.15, 0.2) is 0 Å². The van der Waals surface area contributed by atoms with Crippen LogP contribution in [0, 0.1) is 0 Å². The van der Waals surface area contributed by atoms with Gasteiger partial charge in [-0.15, -0.1) is 0 Å². The van der Waals surface area contributed by atoms with E-state index in [2.05, 4.69) is 22.4 Å². The molecular formula is C12H21N3. The van der Waals surface area contributed by atoms with Crippen molar-refractivity contribution in [3.8, 4) is 0 Å². The largest absolute Gasteiger partial charge is 0.313 e. The fourth-order valence-electron chi connectivity index (χ4n) is 1.76. The highest BCUT2D eigenvalue weighted by atomic mass is 15.1. The number of hydrogen-bond acceptors (Lipinski definition) is 3. The first kappa shape index (κ1) is 12.1. The molecule has 0 saturated carbocycles. The number of nitrogens with zero attached hydrogens (tertiary/aromatic N) is 2. The van der Waals surface area contributed by atoms with Crippen LogP contribution in [-0.2, 0) is 0 Å². The smallest absolute Gasteiger partial charge is 0.0544 e. The molecule has 0 aliphatic carbocycles. The van der Waals surface area contributed by atoms with Gasteiger partial charge in [-0.3, -0.25) is 0 Å². The molecule has 84 valence electrons. The van der Waals surface area contributed by atoms with E-state index in [1.807, 2.05) is 19.3 Å². The van der Waals surface area contributed by atoms with Crippen molar-refractivity contribution in [3.05, 3.63) is 24.0 Å². The normalized spacial score (nSPS) is 12.7. The summed E-state index contributed by atoms with van der Waals surface area (Å²) in [6, 6.07) is 2.46. The fraction of sp³-hybridized carbons (Fsp3) is 0.667. The monoisotopic (exact) mass is 207 g/mol. The molecule has 1 atom stereocenters. The van der Waals surface area contributed by atoms with Crippen LogP contribution < -0.4 is 5.32 Å². The average molecular weight is 207 g/mol. The van der Waals surface area contributed by atoms with Gasteiger partial charge in [0.1, 0.15) is 0 Å². The van der Waals surface area contributed by atoms with Crippen molar-refractivity contribution in [1.82, 2.24) is 15.5 Å². The van der Waals surface area contributed by atoms with Crippen LogP contribution in [-0.4, -0.2) is 17.2 Å². The van der Waals surface area contributed by atoms with Crippen molar-refractivity contribution in [2.45, 2.75) is 45.1 Å². The van der Waals surface area contributed by atoms with Crippen molar-refractivity contribution < 1.29 is 0 Å². The second-order valence-electron chi connectivity index (χ2n) is 3.87. The van der Waals surface area contributed by atoms with Crippen molar-refractivity contribution in [3.63, 3.8) is 0 Å². The van der Waals surface area contributed by atoms with Gasteiger partial charge in [0.05, 0.1) is 6.20 Å². The Bertz CT molecular complexity index is 248. The first-order valence-corrected chi connectivity index (χ1v) is 5.82. The lowest BCUT2D eigenvalue weighted by Crippen LogP contribution is -2.16. The lowest BCUT2D eigenvalue weighted by molar-refractivity contribution is 0.503. The van der Waals surface area contributed by atoms with E-state index in [0.717, 1.165) is 0 Å². The summed E-state index contributed by atoms with van der Waals surface area (Å²) >= 11 is 0. The number of rotatable bonds is 7. The Morgan fingerprint density at radius 2 is 2.13 bits per heavy atom. The van der Waals surface area contributed by atoms with Crippen molar-refractivity contribution in [2.24, 2.45) is 0 Å². The van der Waals surface area contributed by atoms with E-state index >= 15 is 0 Å². The molecule has 0 aliphatic rings. The second-order valence-corrected chi connectivity index (χ2v) is 3.87. The summed E-state index contributed by atoms with van der Waals surface area (Å²) < 4.78 is 0. The SMILES string of the molecule is CCCCCCC(NC)c1ccnnc1. The van der Waals surface area contributed by atoms with E-state index in [-0.39, 0.29) is 0 Å². The first-order valence-electron chi connectivity index (χ1n) is 5.82. The number of unbranched alkanes of at least 4 members (excludes halogenated alkanes) is 3. The Kier molecular flexibility index (Phi) is 5.93. The van der Waals surface area contributed by atoms with Gasteiger partial charge in [-0.25, -0.2) is 0 Å². The Balaban J connectivity index is 2.36. The molecule has 1 aromatic rings. The molecule has 0 bridgehead atoms. The zero-order valence-electron chi connectivity index (χ0n) is 9.74. The lowest BCUT2D eigenvalue weighted by atomic mass is 10.0. The highest BCUT2D eigenvalue weighted by Gasteiger charge is 2.08. The van der Waals surface area contributed by atoms with E-state index in [4.69, 9.17) is 0 Å². The van der Waals surface area contributed by atoms with Gasteiger partial charge in [0.25, 0.3) is 0 Å². The summed E-state index contributed by atoms with van der Waals surface area (Å²) in [5.74, 6) is 0. The minimum atomic E-state index is 0.428. The maximum absolute atomic E-state index is 3.91. The van der Waals surface area contributed by atoms with Crippen LogP contribution in [0.15, 0.2) is 18.5 Å². The molecule has 0 aliphatic heterocycles. The highest BCUT2D eigenvalue weighted by molar-refractivity contribution is 5.10. The summed E-state index contributed by atoms with van der Waals surface area (Å²) in [6.45, 7) is 2.24. The van der Waals surface area contributed by atoms with Crippen LogP contribution in [0.2, 0.25) is 0 Å². The molecule has 1 unspecified atom stereocenters. The zero-order chi connectivity index (χ0) is 10.9. The topological polar surface area (TPSA) is 37.8 Å². The van der Waals surface area contributed by atoms with E-state index in [9.17, 15) is 0 Å². The maximum atomic E-state index is 3.91. The van der Waals surface area contributed by atoms with Gasteiger partial charge in [-0.1, -0.05) is 32.6 Å². The van der Waals surface area contributed by atoms with Crippen molar-refractivity contribution in [1.29, 1.82) is 0 Å². The quantitative estimate of drug-likeness (QED) is 0.699. The van der Waals surface area contributed by atoms with Crippen LogP contribution in [0.25, 0.3) is 0 Å². The van der Waals surface area contributed by atoms with E-state index in [1.165, 1.54) is 37.7 Å². The Morgan fingerprint density at radius 3 is 2.73 bits per heavy atom. The predicted molar refractivity (Wildman–Crippen MR) is 62.6 cm³/mol. The Morgan fingerprint density at radius 1 is 1.27 bits per heavy atom. The van der Waals surface area contributed by atoms with Gasteiger partial charge in [0, 0.05) is 12.2 Å². The van der Waals surface area contributed by atoms with E-state index < -0.39 is 0 Å². The summed E-state index contributed by atoms with van der Waals surface area (Å²) in [4.78, 5) is 0. The van der Waals surface area contributed by atoms with E-state index in [1.54, 1.807) is 6.20 Å². The summed E-state index contributed by atoms with van der Waals surface area (Å²) in [6.07, 6.45) is 10.0. The molecule has 0 amide bonds. The third kappa shape index (κ3) is 4.38. The zero-order valence-corrected chi connectivity index (χ0v) is 9.74. The van der Waals surface area contributed by atoms with E-state index in [0.29, 0.717) is 6.04 Å². The highest BCUT2D eigenvalue weighted by Crippen LogP contribution is 2.18. The van der Waals surface area contributed by atoms with Crippen LogP contribution in [0.4, 0.5) is 0 Å². The van der Waals surface area contributed by atoms with Gasteiger partial charge in [-0.05, 0) is 25.1 Å². The van der Waals surface area contributed by atoms with Crippen molar-refractivity contribution in [2.75, 3.05) is 7.05 Å². The van der Waals surface area contributed by atoms with Crippen molar-refractivity contribution >= 4 is 0 Å². The fourth-order valence-corrected chi connectivity index (χ4v) is 1.76. The molecule has 0 spiro atoms. The summed E-state index contributed by atoms with van der Waals surface area (Å²) in [5, 5.41) is 11.0. The molecule has 1 aromatic heterocycles. The predicted octanol–water partition coefficient (Wildman–Crippen LogP) is 2.71. The molecular weight excluding hydrogens is 186 g/mol. The Hall–Kier alpha value is -0.960. The average Bonchev–Trinajstić information content (AvgIpc) is 2.30. The lowest BCUT2D eigenvalue weighted by Gasteiger charge is -2.15. The molecule has 0 radical (unpaired) electrons. The molecule has 3 heteroatoms. The minimum Gasteiger partial charge on any atom is -0.313 e. The molecule has 0 saturated heterocycles. The first-order chi connectivity index (χ1) is 7.38. The van der Waals surface area contributed by atoms with Gasteiger partial charge in [-0.2, -0.15) is 10.2 Å². The van der Waals surface area contributed by atoms with Gasteiger partial charge in [0.2, 0.25) is 0 Å². The number of aromatic nitrogens is 2. The summed E-state index contributed by atoms with van der Waals surface area (Å²) in [5.41, 5.74) is 1.24. The molecule has 1 rings (SSSR count). The van der Waals surface area contributed by atoms with Gasteiger partial charge >= 0.3 is 0 Å². The van der Waals surface area contributed by atoms with Crippen LogP contribution in [0.1, 0.15) is 50.6 Å². The minimum absolute atomic E-state index is 0.428. The molecule has 1 heterocycles.